The Morgan fingerprint density at radius 3 is 2.46 bits per heavy atom. The molecule has 6 nitrogen and oxygen atoms in total. The largest absolute Gasteiger partial charge is 0.573 e. The summed E-state index contributed by atoms with van der Waals surface area (Å²) in [6.45, 7) is 0.873. The van der Waals surface area contributed by atoms with Crippen LogP contribution >= 0.6 is 0 Å². The number of alkyl halides is 3. The molecule has 0 radical (unpaired) electrons. The summed E-state index contributed by atoms with van der Waals surface area (Å²) < 4.78 is 56.4. The van der Waals surface area contributed by atoms with E-state index in [1.807, 2.05) is 0 Å². The predicted octanol–water partition coefficient (Wildman–Crippen LogP) is 5.23. The van der Waals surface area contributed by atoms with E-state index in [4.69, 9.17) is 0 Å². The zero-order valence-corrected chi connectivity index (χ0v) is 20.2. The molecule has 2 aromatic heterocycles. The number of halogens is 4. The number of hydrogen-bond donors (Lipinski definition) is 2. The molecule has 1 saturated carbocycles. The summed E-state index contributed by atoms with van der Waals surface area (Å²) in [7, 11) is 0. The van der Waals surface area contributed by atoms with E-state index in [2.05, 4.69) is 20.0 Å². The van der Waals surface area contributed by atoms with Crippen molar-refractivity contribution in [2.75, 3.05) is 13.1 Å². The van der Waals surface area contributed by atoms with Gasteiger partial charge in [-0.2, -0.15) is 0 Å². The third-order valence-corrected chi connectivity index (χ3v) is 7.77. The number of pyridine rings is 1. The van der Waals surface area contributed by atoms with E-state index < -0.39 is 6.36 Å². The van der Waals surface area contributed by atoms with Crippen molar-refractivity contribution in [3.63, 3.8) is 0 Å². The number of carbonyl (C=O) groups excluding carboxylic acids is 1. The molecule has 0 unspecified atom stereocenters. The van der Waals surface area contributed by atoms with Gasteiger partial charge >= 0.3 is 6.36 Å². The lowest BCUT2D eigenvalue weighted by atomic mass is 9.84. The van der Waals surface area contributed by atoms with Gasteiger partial charge in [0.2, 0.25) is 0 Å². The number of rotatable bonds is 5. The molecular formula is C27H28F4N4O2. The minimum atomic E-state index is -4.78. The van der Waals surface area contributed by atoms with Gasteiger partial charge in [0.05, 0.1) is 6.20 Å². The highest BCUT2D eigenvalue weighted by molar-refractivity contribution is 5.94. The molecule has 1 amide bonds. The summed E-state index contributed by atoms with van der Waals surface area (Å²) in [6.07, 6.45) is 2.98. The van der Waals surface area contributed by atoms with Crippen LogP contribution in [0.25, 0.3) is 11.0 Å². The van der Waals surface area contributed by atoms with Crippen LogP contribution in [0.4, 0.5) is 17.6 Å². The number of nitrogens with zero attached hydrogens (tertiary/aromatic N) is 2. The molecule has 2 aliphatic carbocycles. The van der Waals surface area contributed by atoms with Crippen molar-refractivity contribution < 1.29 is 27.1 Å². The number of benzene rings is 1. The van der Waals surface area contributed by atoms with E-state index in [1.165, 1.54) is 36.7 Å². The zero-order chi connectivity index (χ0) is 25.7. The second-order valence-corrected chi connectivity index (χ2v) is 10.3. The number of ether oxygens (including phenoxy) is 1. The maximum Gasteiger partial charge on any atom is 0.573 e. The van der Waals surface area contributed by atoms with Crippen molar-refractivity contribution in [2.45, 2.75) is 69.3 Å². The van der Waals surface area contributed by atoms with E-state index in [-0.39, 0.29) is 23.4 Å². The lowest BCUT2D eigenvalue weighted by Gasteiger charge is -2.33. The molecule has 6 rings (SSSR count). The van der Waals surface area contributed by atoms with Crippen LogP contribution in [-0.4, -0.2) is 52.3 Å². The Balaban J connectivity index is 1.18. The molecule has 1 saturated heterocycles. The molecule has 1 atom stereocenters. The Morgan fingerprint density at radius 1 is 1.05 bits per heavy atom. The topological polar surface area (TPSA) is 70.2 Å². The van der Waals surface area contributed by atoms with E-state index in [0.29, 0.717) is 49.1 Å². The molecule has 37 heavy (non-hydrogen) atoms. The zero-order valence-electron chi connectivity index (χ0n) is 20.2. The first kappa shape index (κ1) is 24.2. The summed E-state index contributed by atoms with van der Waals surface area (Å²) in [6, 6.07) is 5.94. The monoisotopic (exact) mass is 516 g/mol. The maximum atomic E-state index is 15.3. The van der Waals surface area contributed by atoms with Crippen LogP contribution in [-0.2, 0) is 12.8 Å². The van der Waals surface area contributed by atoms with Crippen LogP contribution in [0, 0.1) is 5.82 Å². The molecule has 1 aromatic carbocycles. The number of amides is 1. The molecule has 2 fully saturated rings. The van der Waals surface area contributed by atoms with Gasteiger partial charge in [-0.3, -0.25) is 4.79 Å². The van der Waals surface area contributed by atoms with Crippen LogP contribution in [0.2, 0.25) is 0 Å². The quantitative estimate of drug-likeness (QED) is 0.456. The molecular weight excluding hydrogens is 488 g/mol. The summed E-state index contributed by atoms with van der Waals surface area (Å²) in [5.74, 6) is -0.986. The molecule has 0 spiro atoms. The van der Waals surface area contributed by atoms with E-state index in [9.17, 15) is 18.0 Å². The van der Waals surface area contributed by atoms with Gasteiger partial charge < -0.3 is 19.9 Å². The number of aromatic nitrogens is 2. The summed E-state index contributed by atoms with van der Waals surface area (Å²) in [5.41, 5.74) is 4.03. The van der Waals surface area contributed by atoms with Crippen molar-refractivity contribution in [2.24, 2.45) is 0 Å². The molecule has 3 heterocycles. The van der Waals surface area contributed by atoms with Crippen LogP contribution in [0.5, 0.6) is 5.75 Å². The van der Waals surface area contributed by atoms with E-state index in [0.717, 1.165) is 48.1 Å². The summed E-state index contributed by atoms with van der Waals surface area (Å²) in [5, 5.41) is 4.62. The van der Waals surface area contributed by atoms with Gasteiger partial charge in [0.15, 0.2) is 0 Å². The first-order valence-electron chi connectivity index (χ1n) is 12.8. The predicted molar refractivity (Wildman–Crippen MR) is 129 cm³/mol. The standard InChI is InChI=1S/C27H28F4N4O2/c28-21-14-32-25-24(20-13-18(33-17-3-4-17)5-8-22(20)34-25)23(21)15-9-11-35(12-10-15)26(36)16-1-6-19(7-2-16)37-27(29,30)31/h1-2,6-7,14-15,17-18,33H,3-5,8-13H2,(H,32,34)/t18-/m1/s1. The van der Waals surface area contributed by atoms with Crippen LogP contribution < -0.4 is 10.1 Å². The van der Waals surface area contributed by atoms with Gasteiger partial charge in [-0.1, -0.05) is 0 Å². The van der Waals surface area contributed by atoms with Crippen molar-refractivity contribution in [3.8, 4) is 5.75 Å². The fourth-order valence-corrected chi connectivity index (χ4v) is 5.86. The summed E-state index contributed by atoms with van der Waals surface area (Å²) >= 11 is 0. The minimum absolute atomic E-state index is 0.0474. The number of carbonyl (C=O) groups is 1. The third-order valence-electron chi connectivity index (χ3n) is 7.77. The lowest BCUT2D eigenvalue weighted by molar-refractivity contribution is -0.274. The van der Waals surface area contributed by atoms with Crippen molar-refractivity contribution in [3.05, 3.63) is 58.7 Å². The van der Waals surface area contributed by atoms with E-state index in [1.54, 1.807) is 4.90 Å². The van der Waals surface area contributed by atoms with Gasteiger partial charge in [0.25, 0.3) is 5.91 Å². The third kappa shape index (κ3) is 5.03. The average Bonchev–Trinajstić information content (AvgIpc) is 3.61. The first-order chi connectivity index (χ1) is 17.7. The average molecular weight is 517 g/mol. The van der Waals surface area contributed by atoms with E-state index >= 15 is 4.39 Å². The highest BCUT2D eigenvalue weighted by Crippen LogP contribution is 2.39. The molecule has 0 bridgehead atoms. The Kier molecular flexibility index (Phi) is 6.09. The normalized spacial score (nSPS) is 20.8. The van der Waals surface area contributed by atoms with Crippen molar-refractivity contribution in [1.82, 2.24) is 20.2 Å². The second kappa shape index (κ2) is 9.31. The first-order valence-corrected chi connectivity index (χ1v) is 12.8. The number of piperidine rings is 1. The van der Waals surface area contributed by atoms with Gasteiger partial charge in [-0.15, -0.1) is 13.2 Å². The molecule has 3 aromatic rings. The van der Waals surface area contributed by atoms with Gasteiger partial charge in [0.1, 0.15) is 17.2 Å². The van der Waals surface area contributed by atoms with Crippen LogP contribution in [0.15, 0.2) is 30.5 Å². The fourth-order valence-electron chi connectivity index (χ4n) is 5.86. The molecule has 10 heteroatoms. The second-order valence-electron chi connectivity index (χ2n) is 10.3. The Labute approximate surface area is 211 Å². The van der Waals surface area contributed by atoms with Crippen LogP contribution in [0.1, 0.15) is 65.2 Å². The highest BCUT2D eigenvalue weighted by Gasteiger charge is 2.34. The molecule has 2 N–H and O–H groups in total. The summed E-state index contributed by atoms with van der Waals surface area (Å²) in [4.78, 5) is 22.4. The minimum Gasteiger partial charge on any atom is -0.406 e. The molecule has 3 aliphatic rings. The highest BCUT2D eigenvalue weighted by atomic mass is 19.4. The number of likely N-dealkylation sites (tertiary alicyclic amines) is 1. The Bertz CT molecular complexity index is 1310. The van der Waals surface area contributed by atoms with Crippen LogP contribution in [0.3, 0.4) is 0 Å². The van der Waals surface area contributed by atoms with Gasteiger partial charge in [-0.25, -0.2) is 9.37 Å². The van der Waals surface area contributed by atoms with Crippen molar-refractivity contribution >= 4 is 16.9 Å². The number of H-pyrrole nitrogens is 1. The number of nitrogens with one attached hydrogen (secondary N) is 2. The number of aryl methyl sites for hydroxylation is 1. The van der Waals surface area contributed by atoms with Crippen molar-refractivity contribution in [1.29, 1.82) is 0 Å². The molecule has 1 aliphatic heterocycles. The Morgan fingerprint density at radius 2 is 1.78 bits per heavy atom. The number of fused-ring (bicyclic) bond motifs is 3. The van der Waals surface area contributed by atoms with Gasteiger partial charge in [-0.05, 0) is 80.7 Å². The number of aromatic amines is 1. The smallest absolute Gasteiger partial charge is 0.406 e. The fraction of sp³-hybridized carbons (Fsp3) is 0.481. The SMILES string of the molecule is O=C(c1ccc(OC(F)(F)F)cc1)N1CCC(c2c(F)cnc3[nH]c4c(c23)C[C@H](NC2CC2)CC4)CC1. The maximum absolute atomic E-state index is 15.3. The number of hydrogen-bond acceptors (Lipinski definition) is 4. The lowest BCUT2D eigenvalue weighted by Crippen LogP contribution is -2.38. The Hall–Kier alpha value is -3.14. The van der Waals surface area contributed by atoms with Gasteiger partial charge in [0, 0.05) is 47.4 Å². The molecule has 196 valence electrons.